The van der Waals surface area contributed by atoms with Gasteiger partial charge >= 0.3 is 6.03 Å². The van der Waals surface area contributed by atoms with Gasteiger partial charge in [0.15, 0.2) is 0 Å². The topological polar surface area (TPSA) is 95.6 Å². The molecule has 0 aliphatic carbocycles. The molecule has 1 aromatic carbocycles. The first-order valence-electron chi connectivity index (χ1n) is 6.11. The minimum absolute atomic E-state index is 0.0473. The van der Waals surface area contributed by atoms with Gasteiger partial charge in [0.1, 0.15) is 0 Å². The number of barbiturate groups is 1. The number of hydrogen-bond donors (Lipinski definition) is 2. The van der Waals surface area contributed by atoms with Crippen molar-refractivity contribution in [3.63, 3.8) is 0 Å². The summed E-state index contributed by atoms with van der Waals surface area (Å²) in [5.41, 5.74) is -1.22. The van der Waals surface area contributed by atoms with E-state index in [0.717, 1.165) is 0 Å². The molecule has 0 aromatic heterocycles. The summed E-state index contributed by atoms with van der Waals surface area (Å²) in [6.07, 6.45) is 0.121. The van der Waals surface area contributed by atoms with E-state index in [1.54, 1.807) is 30.3 Å². The van der Waals surface area contributed by atoms with Gasteiger partial charge in [-0.15, -0.1) is 0 Å². The first-order valence-corrected chi connectivity index (χ1v) is 6.11. The molecule has 2 fully saturated rings. The lowest BCUT2D eigenvalue weighted by Gasteiger charge is -2.37. The van der Waals surface area contributed by atoms with E-state index in [0.29, 0.717) is 5.69 Å². The van der Waals surface area contributed by atoms with E-state index in [4.69, 9.17) is 0 Å². The zero-order valence-electron chi connectivity index (χ0n) is 10.4. The van der Waals surface area contributed by atoms with Crippen molar-refractivity contribution in [1.29, 1.82) is 0 Å². The average molecular weight is 273 g/mol. The second-order valence-corrected chi connectivity index (χ2v) is 4.66. The minimum atomic E-state index is -1.67. The third kappa shape index (κ3) is 1.52. The Bertz CT molecular complexity index is 606. The Balaban J connectivity index is 2.12. The summed E-state index contributed by atoms with van der Waals surface area (Å²) in [5.74, 6) is -1.85. The van der Waals surface area contributed by atoms with Crippen LogP contribution in [0.2, 0.25) is 0 Å². The molecule has 102 valence electrons. The van der Waals surface area contributed by atoms with Crippen LogP contribution in [0.5, 0.6) is 0 Å². The van der Waals surface area contributed by atoms with Gasteiger partial charge in [-0.3, -0.25) is 29.9 Å². The number of anilines is 1. The van der Waals surface area contributed by atoms with Crippen molar-refractivity contribution in [2.24, 2.45) is 0 Å². The van der Waals surface area contributed by atoms with Gasteiger partial charge < -0.3 is 0 Å². The Morgan fingerprint density at radius 3 is 2.15 bits per heavy atom. The number of para-hydroxylation sites is 1. The van der Waals surface area contributed by atoms with E-state index in [2.05, 4.69) is 10.6 Å². The number of amides is 5. The van der Waals surface area contributed by atoms with Crippen molar-refractivity contribution in [1.82, 2.24) is 10.6 Å². The lowest BCUT2D eigenvalue weighted by atomic mass is 9.91. The lowest BCUT2D eigenvalue weighted by molar-refractivity contribution is -0.138. The van der Waals surface area contributed by atoms with Crippen molar-refractivity contribution in [2.45, 2.75) is 18.4 Å². The summed E-state index contributed by atoms with van der Waals surface area (Å²) in [4.78, 5) is 48.8. The number of rotatable bonds is 1. The number of urea groups is 1. The van der Waals surface area contributed by atoms with E-state index >= 15 is 0 Å². The standard InChI is InChI=1S/C13H11N3O4/c17-9-6-7-13(10(18)14-12(20)15-11(13)19)16(9)8-4-2-1-3-5-8/h1-5H,6-7H2,(H2,14,15,18,19,20). The fourth-order valence-corrected chi connectivity index (χ4v) is 2.64. The number of hydrogen-bond acceptors (Lipinski definition) is 4. The first kappa shape index (κ1) is 12.3. The molecular weight excluding hydrogens is 262 g/mol. The lowest BCUT2D eigenvalue weighted by Crippen LogP contribution is -2.72. The van der Waals surface area contributed by atoms with Crippen LogP contribution in [0.1, 0.15) is 12.8 Å². The highest BCUT2D eigenvalue weighted by Crippen LogP contribution is 2.36. The molecular formula is C13H11N3O4. The average Bonchev–Trinajstić information content (AvgIpc) is 2.76. The fourth-order valence-electron chi connectivity index (χ4n) is 2.64. The number of imide groups is 2. The van der Waals surface area contributed by atoms with Crippen LogP contribution in [-0.4, -0.2) is 29.3 Å². The van der Waals surface area contributed by atoms with E-state index in [1.807, 2.05) is 0 Å². The Hall–Kier alpha value is -2.70. The van der Waals surface area contributed by atoms with Crippen LogP contribution in [0.3, 0.4) is 0 Å². The van der Waals surface area contributed by atoms with E-state index in [9.17, 15) is 19.2 Å². The van der Waals surface area contributed by atoms with Crippen LogP contribution in [0.15, 0.2) is 30.3 Å². The van der Waals surface area contributed by atoms with Crippen LogP contribution in [0, 0.1) is 0 Å². The van der Waals surface area contributed by atoms with Gasteiger partial charge in [0.2, 0.25) is 11.4 Å². The van der Waals surface area contributed by atoms with Gasteiger partial charge in [0.05, 0.1) is 0 Å². The maximum absolute atomic E-state index is 12.2. The third-order valence-corrected chi connectivity index (χ3v) is 3.55. The molecule has 0 unspecified atom stereocenters. The minimum Gasteiger partial charge on any atom is -0.289 e. The molecule has 20 heavy (non-hydrogen) atoms. The molecule has 2 aliphatic rings. The van der Waals surface area contributed by atoms with E-state index < -0.39 is 23.4 Å². The van der Waals surface area contributed by atoms with Crippen molar-refractivity contribution >= 4 is 29.4 Å². The Morgan fingerprint density at radius 2 is 1.55 bits per heavy atom. The molecule has 2 heterocycles. The summed E-state index contributed by atoms with van der Waals surface area (Å²) in [5, 5.41) is 4.12. The highest BCUT2D eigenvalue weighted by atomic mass is 16.2. The summed E-state index contributed by atoms with van der Waals surface area (Å²) < 4.78 is 0. The molecule has 2 saturated heterocycles. The van der Waals surface area contributed by atoms with Crippen LogP contribution in [-0.2, 0) is 14.4 Å². The predicted molar refractivity (Wildman–Crippen MR) is 67.6 cm³/mol. The maximum Gasteiger partial charge on any atom is 0.328 e. The van der Waals surface area contributed by atoms with Crippen LogP contribution >= 0.6 is 0 Å². The molecule has 0 atom stereocenters. The molecule has 2 aliphatic heterocycles. The zero-order chi connectivity index (χ0) is 14.3. The summed E-state index contributed by atoms with van der Waals surface area (Å²) >= 11 is 0. The van der Waals surface area contributed by atoms with Gasteiger partial charge in [0, 0.05) is 12.1 Å². The highest BCUT2D eigenvalue weighted by Gasteiger charge is 2.60. The number of nitrogens with zero attached hydrogens (tertiary/aromatic N) is 1. The molecule has 7 nitrogen and oxygen atoms in total. The Kier molecular flexibility index (Phi) is 2.56. The normalized spacial score (nSPS) is 21.1. The smallest absolute Gasteiger partial charge is 0.289 e. The molecule has 5 amide bonds. The summed E-state index contributed by atoms with van der Waals surface area (Å²) in [6.45, 7) is 0. The fraction of sp³-hybridized carbons (Fsp3) is 0.231. The molecule has 1 aromatic rings. The number of carbonyl (C=O) groups is 4. The Labute approximate surface area is 113 Å². The molecule has 7 heteroatoms. The van der Waals surface area contributed by atoms with Crippen LogP contribution in [0.4, 0.5) is 10.5 Å². The molecule has 1 spiro atoms. The van der Waals surface area contributed by atoms with Crippen LogP contribution < -0.4 is 15.5 Å². The van der Waals surface area contributed by atoms with Gasteiger partial charge in [0.25, 0.3) is 11.8 Å². The SMILES string of the molecule is O=C1NC(=O)C2(CCC(=O)N2c2ccccc2)C(=O)N1. The van der Waals surface area contributed by atoms with Gasteiger partial charge in [-0.2, -0.15) is 0 Å². The number of benzene rings is 1. The van der Waals surface area contributed by atoms with Crippen molar-refractivity contribution < 1.29 is 19.2 Å². The van der Waals surface area contributed by atoms with E-state index in [-0.39, 0.29) is 18.7 Å². The Morgan fingerprint density at radius 1 is 0.950 bits per heavy atom. The summed E-state index contributed by atoms with van der Waals surface area (Å²) in [7, 11) is 0. The second kappa shape index (κ2) is 4.16. The molecule has 0 radical (unpaired) electrons. The third-order valence-electron chi connectivity index (χ3n) is 3.55. The highest BCUT2D eigenvalue weighted by molar-refractivity contribution is 6.28. The first-order chi connectivity index (χ1) is 9.55. The maximum atomic E-state index is 12.2. The van der Waals surface area contributed by atoms with Crippen molar-refractivity contribution in [2.75, 3.05) is 4.90 Å². The number of carbonyl (C=O) groups excluding carboxylic acids is 4. The number of nitrogens with one attached hydrogen (secondary N) is 2. The van der Waals surface area contributed by atoms with Gasteiger partial charge in [-0.25, -0.2) is 4.79 Å². The predicted octanol–water partition coefficient (Wildman–Crippen LogP) is -0.0818. The quantitative estimate of drug-likeness (QED) is 0.699. The second-order valence-electron chi connectivity index (χ2n) is 4.66. The summed E-state index contributed by atoms with van der Waals surface area (Å²) in [6, 6.07) is 7.60. The monoisotopic (exact) mass is 273 g/mol. The zero-order valence-corrected chi connectivity index (χ0v) is 10.4. The molecule has 0 saturated carbocycles. The van der Waals surface area contributed by atoms with Crippen molar-refractivity contribution in [3.8, 4) is 0 Å². The van der Waals surface area contributed by atoms with E-state index in [1.165, 1.54) is 4.90 Å². The van der Waals surface area contributed by atoms with Gasteiger partial charge in [-0.1, -0.05) is 18.2 Å². The van der Waals surface area contributed by atoms with Gasteiger partial charge in [-0.05, 0) is 18.6 Å². The molecule has 3 rings (SSSR count). The molecule has 2 N–H and O–H groups in total. The van der Waals surface area contributed by atoms with Crippen molar-refractivity contribution in [3.05, 3.63) is 30.3 Å². The largest absolute Gasteiger partial charge is 0.328 e. The molecule has 0 bridgehead atoms. The van der Waals surface area contributed by atoms with Crippen LogP contribution in [0.25, 0.3) is 0 Å².